The second-order valence-corrected chi connectivity index (χ2v) is 32.7. The molecule has 93 heavy (non-hydrogen) atoms. The van der Waals surface area contributed by atoms with Gasteiger partial charge in [0.15, 0.2) is 25.9 Å². The summed E-state index contributed by atoms with van der Waals surface area (Å²) in [6.07, 6.45) is 23.7. The van der Waals surface area contributed by atoms with Crippen molar-refractivity contribution in [2.45, 2.75) is 182 Å². The van der Waals surface area contributed by atoms with Crippen LogP contribution in [-0.2, 0) is 30.1 Å². The molecule has 0 radical (unpaired) electrons. The number of anilines is 5. The normalized spacial score (nSPS) is 19.5. The Morgan fingerprint density at radius 3 is 1.32 bits per heavy atom. The van der Waals surface area contributed by atoms with Crippen LogP contribution in [0.1, 0.15) is 182 Å². The van der Waals surface area contributed by atoms with Crippen LogP contribution in [0.15, 0.2) is 82.1 Å². The number of sulfonamides is 3. The van der Waals surface area contributed by atoms with Gasteiger partial charge < -0.3 is 42.5 Å². The Labute approximate surface area is 552 Å². The number of aromatic nitrogens is 7. The van der Waals surface area contributed by atoms with E-state index in [1.807, 2.05) is 13.8 Å². The standard InChI is InChI=1S/C27H38N6O4S.C19H25ClN6O4S.C10H15N3O2S.C7H13N/c1-26(2,18-34)32-21-17-28-24(23(30-21)19-9-11-27(12-10-19)13-14-27)25(35)31-20-7-6-8-22(29-20)38(36,37)33-15-4-3-5-16-33;1-19(2,12-27)25-14-11-21-16(17(20)23-14)18(28)24-13-7-6-8-15(22-13)31(29,30)26-9-4-3-5-10-26;11-9-5-4-6-10(12-9)16(14,15)13-7-2-1-3-8-13;1-2-7(1)3-5-8-6-4-7/h6-8,17,19,34H,3-5,9-16,18H2,1-2H3,(H,30,32)(H,29,31,35);6-8,11,27H,3-5,9-10,12H2,1-2H3,(H,23,25)(H,22,24,28);4-6H,1-3,7-8H2,(H2,11,12);8H,1-6H2. The summed E-state index contributed by atoms with van der Waals surface area (Å²) in [7, 11) is -10.9. The van der Waals surface area contributed by atoms with E-state index in [2.05, 4.69) is 56.5 Å². The predicted molar refractivity (Wildman–Crippen MR) is 356 cm³/mol. The van der Waals surface area contributed by atoms with E-state index in [1.54, 1.807) is 38.1 Å². The van der Waals surface area contributed by atoms with Gasteiger partial charge >= 0.3 is 0 Å². The maximum absolute atomic E-state index is 13.5. The van der Waals surface area contributed by atoms with Crippen molar-refractivity contribution in [3.63, 3.8) is 0 Å². The second-order valence-electron chi connectivity index (χ2n) is 26.7. The molecule has 0 aromatic carbocycles. The molecular weight excluding hydrogens is 1270 g/mol. The summed E-state index contributed by atoms with van der Waals surface area (Å²) in [5.41, 5.74) is 6.33. The number of hydrogen-bond donors (Lipinski definition) is 8. The number of carbonyl (C=O) groups is 2. The van der Waals surface area contributed by atoms with Crippen LogP contribution in [-0.4, -0.2) is 172 Å². The van der Waals surface area contributed by atoms with Crippen LogP contribution >= 0.6 is 11.6 Å². The first-order chi connectivity index (χ1) is 44.2. The van der Waals surface area contributed by atoms with Gasteiger partial charge in [-0.1, -0.05) is 49.1 Å². The number of nitrogens with zero attached hydrogens (tertiary/aromatic N) is 10. The van der Waals surface area contributed by atoms with Crippen molar-refractivity contribution in [2.24, 2.45) is 10.8 Å². The van der Waals surface area contributed by atoms with Gasteiger partial charge in [-0.3, -0.25) is 9.59 Å². The number of piperidine rings is 4. The van der Waals surface area contributed by atoms with E-state index in [-0.39, 0.29) is 68.2 Å². The number of rotatable bonds is 17. The molecule has 4 saturated heterocycles. The van der Waals surface area contributed by atoms with Crippen molar-refractivity contribution in [3.05, 3.63) is 89.2 Å². The van der Waals surface area contributed by atoms with Crippen LogP contribution in [0.25, 0.3) is 0 Å². The summed E-state index contributed by atoms with van der Waals surface area (Å²) in [4.78, 5) is 55.7. The highest BCUT2D eigenvalue weighted by molar-refractivity contribution is 7.89. The number of aliphatic hydroxyl groups excluding tert-OH is 2. The van der Waals surface area contributed by atoms with Crippen LogP contribution < -0.4 is 32.3 Å². The quantitative estimate of drug-likeness (QED) is 0.0436. The van der Waals surface area contributed by atoms with Gasteiger partial charge in [-0.25, -0.2) is 60.1 Å². The summed E-state index contributed by atoms with van der Waals surface area (Å²) in [6, 6.07) is 13.7. The Balaban J connectivity index is 0.000000164. The molecule has 3 saturated carbocycles. The SMILES string of the molecule is C1CC2(CCN1)CC2.CC(C)(CO)Nc1cnc(C(=O)Nc2cccc(S(=O)(=O)N3CCCCC3)n2)c(C2CCC3(CC2)CC3)n1.CC(C)(CO)Nc1cnc(C(=O)Nc2cccc(S(=O)(=O)N3CCCCC3)n2)c(Cl)n1.Nc1cccc(S(=O)(=O)N2CCCCC2)n1. The number of nitrogens with one attached hydrogen (secondary N) is 5. The number of nitrogen functional groups attached to an aromatic ring is 1. The largest absolute Gasteiger partial charge is 0.394 e. The highest BCUT2D eigenvalue weighted by Crippen LogP contribution is 2.58. The van der Waals surface area contributed by atoms with Gasteiger partial charge in [-0.05, 0) is 191 Å². The molecule has 2 amide bonds. The van der Waals surface area contributed by atoms with Gasteiger partial charge in [0.1, 0.15) is 34.8 Å². The van der Waals surface area contributed by atoms with Gasteiger partial charge in [-0.15, -0.1) is 0 Å². The minimum Gasteiger partial charge on any atom is -0.394 e. The highest BCUT2D eigenvalue weighted by atomic mass is 35.5. The van der Waals surface area contributed by atoms with Gasteiger partial charge in [0, 0.05) is 45.2 Å². The second kappa shape index (κ2) is 30.7. The van der Waals surface area contributed by atoms with Crippen molar-refractivity contribution in [2.75, 3.05) is 92.6 Å². The third-order valence-corrected chi connectivity index (χ3v) is 23.8. The molecule has 508 valence electrons. The fraction of sp³-hybridized carbons (Fsp3) is 0.603. The van der Waals surface area contributed by atoms with Gasteiger partial charge in [0.2, 0.25) is 0 Å². The fourth-order valence-electron chi connectivity index (χ4n) is 12.0. The Morgan fingerprint density at radius 2 is 0.925 bits per heavy atom. The lowest BCUT2D eigenvalue weighted by Gasteiger charge is -2.30. The topological polar surface area (TPSA) is 363 Å². The first-order valence-electron chi connectivity index (χ1n) is 32.4. The summed E-state index contributed by atoms with van der Waals surface area (Å²) in [5.74, 6) is 0.223. The molecule has 30 heteroatoms. The van der Waals surface area contributed by atoms with Crippen LogP contribution in [0.2, 0.25) is 5.15 Å². The molecule has 26 nitrogen and oxygen atoms in total. The van der Waals surface area contributed by atoms with Gasteiger partial charge in [0.25, 0.3) is 41.9 Å². The van der Waals surface area contributed by atoms with Gasteiger partial charge in [-0.2, -0.15) is 12.9 Å². The number of hydrogen-bond acceptors (Lipinski definition) is 21. The first-order valence-corrected chi connectivity index (χ1v) is 37.1. The monoisotopic (exact) mass is 1360 g/mol. The zero-order chi connectivity index (χ0) is 66.7. The van der Waals surface area contributed by atoms with Crippen molar-refractivity contribution in [3.8, 4) is 0 Å². The lowest BCUT2D eigenvalue weighted by Crippen LogP contribution is -2.36. The Hall–Kier alpha value is -6.15. The maximum Gasteiger partial charge on any atom is 0.278 e. The fourth-order valence-corrected chi connectivity index (χ4v) is 16.6. The third-order valence-electron chi connectivity index (χ3n) is 18.1. The third kappa shape index (κ3) is 19.1. The minimum absolute atomic E-state index is 0.0504. The molecule has 3 aliphatic carbocycles. The molecular formula is C63H91ClN16O10S3. The first kappa shape index (κ1) is 71.2. The van der Waals surface area contributed by atoms with Crippen molar-refractivity contribution in [1.29, 1.82) is 0 Å². The highest BCUT2D eigenvalue weighted by Gasteiger charge is 2.46. The number of carbonyl (C=O) groups excluding carboxylic acids is 2. The molecule has 7 aliphatic rings. The van der Waals surface area contributed by atoms with Crippen molar-refractivity contribution in [1.82, 2.24) is 53.1 Å². The average molecular weight is 1360 g/mol. The molecule has 2 spiro atoms. The Kier molecular flexibility index (Phi) is 23.5. The molecule has 5 aromatic rings. The number of amides is 2. The Morgan fingerprint density at radius 1 is 0.538 bits per heavy atom. The lowest BCUT2D eigenvalue weighted by molar-refractivity contribution is 0.101. The molecule has 5 aromatic heterocycles. The summed E-state index contributed by atoms with van der Waals surface area (Å²) >= 11 is 6.11. The lowest BCUT2D eigenvalue weighted by atomic mass is 9.78. The van der Waals surface area contributed by atoms with Crippen LogP contribution in [0.3, 0.4) is 0 Å². The number of halogens is 1. The molecule has 9 heterocycles. The van der Waals surface area contributed by atoms with E-state index in [0.29, 0.717) is 62.0 Å². The summed E-state index contributed by atoms with van der Waals surface area (Å²) in [5, 5.41) is 33.5. The maximum atomic E-state index is 13.5. The van der Waals surface area contributed by atoms with Gasteiger partial charge in [0.05, 0.1) is 42.4 Å². The van der Waals surface area contributed by atoms with E-state index in [9.17, 15) is 45.1 Å². The van der Waals surface area contributed by atoms with E-state index in [4.69, 9.17) is 22.3 Å². The molecule has 12 rings (SSSR count). The molecule has 0 atom stereocenters. The minimum atomic E-state index is -3.73. The average Bonchev–Trinajstić information content (AvgIpc) is 1.79. The zero-order valence-electron chi connectivity index (χ0n) is 53.7. The molecule has 7 fully saturated rings. The molecule has 9 N–H and O–H groups in total. The Bertz CT molecular complexity index is 3730. The number of pyridine rings is 3. The number of nitrogens with two attached hydrogens (primary N) is 1. The van der Waals surface area contributed by atoms with Crippen LogP contribution in [0.5, 0.6) is 0 Å². The smallest absolute Gasteiger partial charge is 0.278 e. The number of aliphatic hydroxyl groups is 2. The summed E-state index contributed by atoms with van der Waals surface area (Å²) < 4.78 is 80.5. The zero-order valence-corrected chi connectivity index (χ0v) is 57.0. The van der Waals surface area contributed by atoms with E-state index >= 15 is 0 Å². The van der Waals surface area contributed by atoms with Crippen LogP contribution in [0.4, 0.5) is 29.1 Å². The predicted octanol–water partition coefficient (Wildman–Crippen LogP) is 8.04. The van der Waals surface area contributed by atoms with E-state index in [0.717, 1.165) is 88.9 Å². The van der Waals surface area contributed by atoms with E-state index in [1.165, 1.54) is 107 Å². The van der Waals surface area contributed by atoms with Crippen molar-refractivity contribution < 1.29 is 45.1 Å². The summed E-state index contributed by atoms with van der Waals surface area (Å²) in [6.45, 7) is 12.6. The van der Waals surface area contributed by atoms with Crippen molar-refractivity contribution >= 4 is 82.6 Å². The molecule has 0 bridgehead atoms. The van der Waals surface area contributed by atoms with Crippen LogP contribution in [0, 0.1) is 10.8 Å². The molecule has 4 aliphatic heterocycles. The molecule has 0 unspecified atom stereocenters. The van der Waals surface area contributed by atoms with E-state index < -0.39 is 53.0 Å².